The first-order chi connectivity index (χ1) is 7.81. The number of aromatic nitrogens is 1. The van der Waals surface area contributed by atoms with Gasteiger partial charge in [0.05, 0.1) is 18.5 Å². The maximum atomic E-state index is 5.65. The first-order valence-corrected chi connectivity index (χ1v) is 5.11. The lowest BCUT2D eigenvalue weighted by Gasteiger charge is -2.07. The Balaban J connectivity index is 2.05. The molecule has 0 aliphatic carbocycles. The Morgan fingerprint density at radius 1 is 1.44 bits per heavy atom. The highest BCUT2D eigenvalue weighted by atomic mass is 16.5. The molecule has 0 saturated heterocycles. The van der Waals surface area contributed by atoms with Gasteiger partial charge >= 0.3 is 0 Å². The number of pyridine rings is 1. The molecule has 0 bridgehead atoms. The average Bonchev–Trinajstić information content (AvgIpc) is 2.75. The van der Waals surface area contributed by atoms with Crippen LogP contribution in [0.4, 0.5) is 0 Å². The molecule has 4 heteroatoms. The lowest BCUT2D eigenvalue weighted by molar-refractivity contribution is 0.298. The fourth-order valence-electron chi connectivity index (χ4n) is 1.45. The van der Waals surface area contributed by atoms with Crippen molar-refractivity contribution in [1.82, 2.24) is 4.98 Å². The van der Waals surface area contributed by atoms with E-state index in [-0.39, 0.29) is 0 Å². The standard InChI is InChI=1S/C12H14N2O2/c1-9-11(3-2-5-14-9)16-8-10-4-6-15-12(10)7-13/h2-6H,7-8,13H2,1H3. The first-order valence-electron chi connectivity index (χ1n) is 5.11. The molecule has 2 aromatic rings. The van der Waals surface area contributed by atoms with Crippen LogP contribution in [0.3, 0.4) is 0 Å². The highest BCUT2D eigenvalue weighted by Crippen LogP contribution is 2.17. The Hall–Kier alpha value is -1.81. The molecule has 0 aliphatic rings. The summed E-state index contributed by atoms with van der Waals surface area (Å²) in [6, 6.07) is 5.61. The molecule has 2 aromatic heterocycles. The summed E-state index contributed by atoms with van der Waals surface area (Å²) < 4.78 is 10.9. The van der Waals surface area contributed by atoms with Gasteiger partial charge in [-0.15, -0.1) is 0 Å². The van der Waals surface area contributed by atoms with Crippen LogP contribution < -0.4 is 10.5 Å². The first kappa shape index (κ1) is 10.7. The molecule has 0 saturated carbocycles. The van der Waals surface area contributed by atoms with Gasteiger partial charge in [0.2, 0.25) is 0 Å². The minimum absolute atomic E-state index is 0.387. The van der Waals surface area contributed by atoms with Gasteiger partial charge < -0.3 is 14.9 Å². The van der Waals surface area contributed by atoms with E-state index >= 15 is 0 Å². The molecule has 0 spiro atoms. The smallest absolute Gasteiger partial charge is 0.141 e. The molecular formula is C12H14N2O2. The normalized spacial score (nSPS) is 10.4. The van der Waals surface area contributed by atoms with Crippen LogP contribution in [0.5, 0.6) is 5.75 Å². The Labute approximate surface area is 94.1 Å². The van der Waals surface area contributed by atoms with E-state index in [0.29, 0.717) is 13.2 Å². The van der Waals surface area contributed by atoms with Crippen molar-refractivity contribution in [3.63, 3.8) is 0 Å². The number of hydrogen-bond donors (Lipinski definition) is 1. The molecule has 0 amide bonds. The van der Waals surface area contributed by atoms with Gasteiger partial charge in [0.25, 0.3) is 0 Å². The molecule has 0 aromatic carbocycles. The minimum atomic E-state index is 0.387. The molecule has 0 radical (unpaired) electrons. The van der Waals surface area contributed by atoms with Crippen molar-refractivity contribution in [2.45, 2.75) is 20.1 Å². The Morgan fingerprint density at radius 2 is 2.31 bits per heavy atom. The molecule has 0 fully saturated rings. The molecule has 0 aliphatic heterocycles. The van der Waals surface area contributed by atoms with Gasteiger partial charge in [0.15, 0.2) is 0 Å². The monoisotopic (exact) mass is 218 g/mol. The van der Waals surface area contributed by atoms with Crippen molar-refractivity contribution in [2.24, 2.45) is 5.73 Å². The minimum Gasteiger partial charge on any atom is -0.487 e. The van der Waals surface area contributed by atoms with E-state index in [1.807, 2.05) is 25.1 Å². The Kier molecular flexibility index (Phi) is 3.22. The van der Waals surface area contributed by atoms with Gasteiger partial charge in [0.1, 0.15) is 18.1 Å². The van der Waals surface area contributed by atoms with Crippen molar-refractivity contribution in [3.8, 4) is 5.75 Å². The van der Waals surface area contributed by atoms with E-state index in [1.165, 1.54) is 0 Å². The van der Waals surface area contributed by atoms with Crippen LogP contribution >= 0.6 is 0 Å². The van der Waals surface area contributed by atoms with Crippen LogP contribution in [-0.4, -0.2) is 4.98 Å². The molecule has 16 heavy (non-hydrogen) atoms. The average molecular weight is 218 g/mol. The van der Waals surface area contributed by atoms with Crippen molar-refractivity contribution in [2.75, 3.05) is 0 Å². The predicted octanol–water partition coefficient (Wildman–Crippen LogP) is 2.02. The highest BCUT2D eigenvalue weighted by molar-refractivity contribution is 5.26. The van der Waals surface area contributed by atoms with E-state index in [9.17, 15) is 0 Å². The molecule has 2 heterocycles. The van der Waals surface area contributed by atoms with Crippen LogP contribution in [0, 0.1) is 6.92 Å². The van der Waals surface area contributed by atoms with Crippen LogP contribution in [0.2, 0.25) is 0 Å². The van der Waals surface area contributed by atoms with Crippen molar-refractivity contribution < 1.29 is 9.15 Å². The van der Waals surface area contributed by atoms with Crippen LogP contribution in [0.15, 0.2) is 35.1 Å². The van der Waals surface area contributed by atoms with E-state index in [0.717, 1.165) is 22.8 Å². The Morgan fingerprint density at radius 3 is 3.06 bits per heavy atom. The summed E-state index contributed by atoms with van der Waals surface area (Å²) in [5.74, 6) is 1.55. The fourth-order valence-corrected chi connectivity index (χ4v) is 1.45. The van der Waals surface area contributed by atoms with Crippen LogP contribution in [0.1, 0.15) is 17.0 Å². The fraction of sp³-hybridized carbons (Fsp3) is 0.250. The van der Waals surface area contributed by atoms with E-state index in [2.05, 4.69) is 4.98 Å². The summed E-state index contributed by atoms with van der Waals surface area (Å²) in [5.41, 5.74) is 7.39. The summed E-state index contributed by atoms with van der Waals surface area (Å²) in [5, 5.41) is 0. The van der Waals surface area contributed by atoms with Gasteiger partial charge in [-0.05, 0) is 25.1 Å². The molecule has 2 N–H and O–H groups in total. The van der Waals surface area contributed by atoms with Crippen molar-refractivity contribution in [3.05, 3.63) is 47.7 Å². The number of nitrogens with zero attached hydrogens (tertiary/aromatic N) is 1. The molecular weight excluding hydrogens is 204 g/mol. The number of hydrogen-bond acceptors (Lipinski definition) is 4. The van der Waals surface area contributed by atoms with Crippen LogP contribution in [-0.2, 0) is 13.2 Å². The van der Waals surface area contributed by atoms with Crippen molar-refractivity contribution >= 4 is 0 Å². The number of rotatable bonds is 4. The quantitative estimate of drug-likeness (QED) is 0.852. The maximum Gasteiger partial charge on any atom is 0.141 e. The van der Waals surface area contributed by atoms with Gasteiger partial charge in [-0.25, -0.2) is 0 Å². The summed E-state index contributed by atoms with van der Waals surface area (Å²) in [4.78, 5) is 4.15. The summed E-state index contributed by atoms with van der Waals surface area (Å²) in [7, 11) is 0. The van der Waals surface area contributed by atoms with E-state index in [1.54, 1.807) is 12.5 Å². The topological polar surface area (TPSA) is 61.3 Å². The zero-order chi connectivity index (χ0) is 11.4. The third-order valence-electron chi connectivity index (χ3n) is 2.36. The molecule has 2 rings (SSSR count). The number of furan rings is 1. The van der Waals surface area contributed by atoms with Gasteiger partial charge in [-0.2, -0.15) is 0 Å². The second kappa shape index (κ2) is 4.81. The summed E-state index contributed by atoms with van der Waals surface area (Å²) in [6.45, 7) is 2.75. The van der Waals surface area contributed by atoms with E-state index in [4.69, 9.17) is 14.9 Å². The van der Waals surface area contributed by atoms with Crippen LogP contribution in [0.25, 0.3) is 0 Å². The lowest BCUT2D eigenvalue weighted by Crippen LogP contribution is -2.02. The Bertz CT molecular complexity index is 466. The predicted molar refractivity (Wildman–Crippen MR) is 59.9 cm³/mol. The number of ether oxygens (including phenoxy) is 1. The van der Waals surface area contributed by atoms with Crippen molar-refractivity contribution in [1.29, 1.82) is 0 Å². The largest absolute Gasteiger partial charge is 0.487 e. The highest BCUT2D eigenvalue weighted by Gasteiger charge is 2.06. The molecule has 0 unspecified atom stereocenters. The zero-order valence-corrected chi connectivity index (χ0v) is 9.14. The number of nitrogens with two attached hydrogens (primary N) is 1. The second-order valence-electron chi connectivity index (χ2n) is 3.45. The van der Waals surface area contributed by atoms with Gasteiger partial charge in [-0.1, -0.05) is 0 Å². The third kappa shape index (κ3) is 2.23. The molecule has 84 valence electrons. The van der Waals surface area contributed by atoms with Gasteiger partial charge in [-0.3, -0.25) is 4.98 Å². The molecule has 0 atom stereocenters. The third-order valence-corrected chi connectivity index (χ3v) is 2.36. The zero-order valence-electron chi connectivity index (χ0n) is 9.14. The molecule has 4 nitrogen and oxygen atoms in total. The lowest BCUT2D eigenvalue weighted by atomic mass is 10.2. The van der Waals surface area contributed by atoms with E-state index < -0.39 is 0 Å². The second-order valence-corrected chi connectivity index (χ2v) is 3.45. The number of aryl methyl sites for hydroxylation is 1. The SMILES string of the molecule is Cc1ncccc1OCc1ccoc1CN. The summed E-state index contributed by atoms with van der Waals surface area (Å²) in [6.07, 6.45) is 3.36. The summed E-state index contributed by atoms with van der Waals surface area (Å²) >= 11 is 0. The van der Waals surface area contributed by atoms with Gasteiger partial charge in [0, 0.05) is 11.8 Å². The maximum absolute atomic E-state index is 5.65.